The minimum absolute atomic E-state index is 0.355. The Kier molecular flexibility index (Phi) is 8.73. The zero-order valence-corrected chi connectivity index (χ0v) is 11.8. The summed E-state index contributed by atoms with van der Waals surface area (Å²) in [7, 11) is 0. The van der Waals surface area contributed by atoms with Crippen LogP contribution in [0.25, 0.3) is 0 Å². The van der Waals surface area contributed by atoms with Gasteiger partial charge in [-0.05, 0) is 18.6 Å². The summed E-state index contributed by atoms with van der Waals surface area (Å²) in [5, 5.41) is 0. The van der Waals surface area contributed by atoms with Crippen LogP contribution in [0, 0.1) is 0 Å². The van der Waals surface area contributed by atoms with Gasteiger partial charge in [-0.1, -0.05) is 63.6 Å². The number of nitrogens with one attached hydrogen (secondary N) is 1. The summed E-state index contributed by atoms with van der Waals surface area (Å²) in [5.74, 6) is 0. The molecular formula is C16H25NO2. The summed E-state index contributed by atoms with van der Waals surface area (Å²) in [5.41, 5.74) is 3.70. The molecule has 0 bridgehead atoms. The molecule has 0 spiro atoms. The first kappa shape index (κ1) is 15.7. The Bertz CT molecular complexity index is 327. The molecule has 0 fully saturated rings. The molecule has 106 valence electrons. The minimum atomic E-state index is -0.355. The Labute approximate surface area is 116 Å². The van der Waals surface area contributed by atoms with Crippen molar-refractivity contribution in [1.82, 2.24) is 0 Å². The second kappa shape index (κ2) is 10.6. The minimum Gasteiger partial charge on any atom is -0.300 e. The zero-order valence-electron chi connectivity index (χ0n) is 11.8. The molecule has 1 atom stereocenters. The summed E-state index contributed by atoms with van der Waals surface area (Å²) in [4.78, 5) is 16.3. The summed E-state index contributed by atoms with van der Waals surface area (Å²) in [6, 6.07) is 9.61. The summed E-state index contributed by atoms with van der Waals surface area (Å²) in [6.07, 6.45) is 8.66. The zero-order chi connectivity index (χ0) is 13.8. The third-order valence-electron chi connectivity index (χ3n) is 3.10. The third kappa shape index (κ3) is 7.62. The molecule has 1 unspecified atom stereocenters. The van der Waals surface area contributed by atoms with Crippen molar-refractivity contribution in [2.45, 2.75) is 58.0 Å². The highest BCUT2D eigenvalue weighted by atomic mass is 16.7. The number of carbonyl (C=O) groups is 1. The van der Waals surface area contributed by atoms with Crippen molar-refractivity contribution in [2.24, 2.45) is 0 Å². The monoisotopic (exact) mass is 263 g/mol. The average molecular weight is 263 g/mol. The predicted molar refractivity (Wildman–Crippen MR) is 79.0 cm³/mol. The fourth-order valence-corrected chi connectivity index (χ4v) is 1.93. The standard InChI is InChI=1S/C16H25NO2/c1-2-3-4-5-6-10-13-16(14-18)19-17-15-11-8-7-9-12-15/h7-9,11-12,14,16-17H,2-6,10,13H2,1H3. The number of anilines is 1. The molecule has 1 rings (SSSR count). The van der Waals surface area contributed by atoms with Crippen LogP contribution < -0.4 is 5.48 Å². The van der Waals surface area contributed by atoms with Gasteiger partial charge < -0.3 is 4.79 Å². The van der Waals surface area contributed by atoms with E-state index < -0.39 is 0 Å². The quantitative estimate of drug-likeness (QED) is 0.366. The molecule has 0 heterocycles. The van der Waals surface area contributed by atoms with Gasteiger partial charge in [-0.2, -0.15) is 0 Å². The largest absolute Gasteiger partial charge is 0.300 e. The fourth-order valence-electron chi connectivity index (χ4n) is 1.93. The van der Waals surface area contributed by atoms with Crippen LogP contribution >= 0.6 is 0 Å². The van der Waals surface area contributed by atoms with Crippen molar-refractivity contribution in [3.63, 3.8) is 0 Å². The molecule has 3 nitrogen and oxygen atoms in total. The smallest absolute Gasteiger partial charge is 0.151 e. The van der Waals surface area contributed by atoms with E-state index in [4.69, 9.17) is 4.84 Å². The highest BCUT2D eigenvalue weighted by Crippen LogP contribution is 2.11. The van der Waals surface area contributed by atoms with E-state index in [1.807, 2.05) is 30.3 Å². The molecule has 1 N–H and O–H groups in total. The average Bonchev–Trinajstić information content (AvgIpc) is 2.47. The maximum absolute atomic E-state index is 10.9. The van der Waals surface area contributed by atoms with Gasteiger partial charge in [0.05, 0.1) is 5.69 Å². The lowest BCUT2D eigenvalue weighted by atomic mass is 10.1. The van der Waals surface area contributed by atoms with E-state index in [-0.39, 0.29) is 6.10 Å². The van der Waals surface area contributed by atoms with Crippen molar-refractivity contribution in [1.29, 1.82) is 0 Å². The van der Waals surface area contributed by atoms with Crippen LogP contribution in [0.1, 0.15) is 51.9 Å². The molecule has 0 radical (unpaired) electrons. The number of carbonyl (C=O) groups excluding carboxylic acids is 1. The van der Waals surface area contributed by atoms with E-state index in [0.717, 1.165) is 24.8 Å². The van der Waals surface area contributed by atoms with E-state index in [0.29, 0.717) is 0 Å². The molecule has 0 aliphatic carbocycles. The second-order valence-electron chi connectivity index (χ2n) is 4.82. The first-order chi connectivity index (χ1) is 9.36. The maximum Gasteiger partial charge on any atom is 0.151 e. The van der Waals surface area contributed by atoms with Crippen molar-refractivity contribution < 1.29 is 9.63 Å². The fraction of sp³-hybridized carbons (Fsp3) is 0.562. The van der Waals surface area contributed by atoms with Gasteiger partial charge in [-0.3, -0.25) is 10.3 Å². The number of unbranched alkanes of at least 4 members (excludes halogenated alkanes) is 5. The van der Waals surface area contributed by atoms with Gasteiger partial charge >= 0.3 is 0 Å². The van der Waals surface area contributed by atoms with E-state index in [1.54, 1.807) is 0 Å². The molecule has 0 saturated carbocycles. The normalized spacial score (nSPS) is 12.1. The van der Waals surface area contributed by atoms with Crippen LogP contribution in [0.5, 0.6) is 0 Å². The van der Waals surface area contributed by atoms with Crippen LogP contribution in [-0.2, 0) is 9.63 Å². The topological polar surface area (TPSA) is 38.3 Å². The highest BCUT2D eigenvalue weighted by molar-refractivity contribution is 5.56. The van der Waals surface area contributed by atoms with Crippen LogP contribution in [0.3, 0.4) is 0 Å². The molecule has 0 saturated heterocycles. The van der Waals surface area contributed by atoms with Crippen LogP contribution in [-0.4, -0.2) is 12.4 Å². The molecule has 0 amide bonds. The van der Waals surface area contributed by atoms with Crippen molar-refractivity contribution >= 4 is 12.0 Å². The molecule has 0 aromatic heterocycles. The van der Waals surface area contributed by atoms with Crippen molar-refractivity contribution in [3.05, 3.63) is 30.3 Å². The molecular weight excluding hydrogens is 238 g/mol. The van der Waals surface area contributed by atoms with Gasteiger partial charge in [0, 0.05) is 0 Å². The third-order valence-corrected chi connectivity index (χ3v) is 3.10. The number of benzene rings is 1. The summed E-state index contributed by atoms with van der Waals surface area (Å²) < 4.78 is 0. The van der Waals surface area contributed by atoms with Gasteiger partial charge in [0.1, 0.15) is 6.10 Å². The number of rotatable bonds is 11. The first-order valence-electron chi connectivity index (χ1n) is 7.28. The molecule has 0 aliphatic heterocycles. The highest BCUT2D eigenvalue weighted by Gasteiger charge is 2.07. The van der Waals surface area contributed by atoms with Crippen LogP contribution in [0.15, 0.2) is 30.3 Å². The maximum atomic E-state index is 10.9. The van der Waals surface area contributed by atoms with E-state index in [1.165, 1.54) is 32.1 Å². The lowest BCUT2D eigenvalue weighted by Crippen LogP contribution is -2.18. The van der Waals surface area contributed by atoms with Gasteiger partial charge in [0.2, 0.25) is 0 Å². The Balaban J connectivity index is 2.10. The Morgan fingerprint density at radius 1 is 1.11 bits per heavy atom. The van der Waals surface area contributed by atoms with E-state index in [2.05, 4.69) is 12.4 Å². The SMILES string of the molecule is CCCCCCCCC(C=O)ONc1ccccc1. The number of aldehydes is 1. The second-order valence-corrected chi connectivity index (χ2v) is 4.82. The summed E-state index contributed by atoms with van der Waals surface area (Å²) in [6.45, 7) is 2.21. The van der Waals surface area contributed by atoms with Gasteiger partial charge in [-0.25, -0.2) is 0 Å². The number of hydrogen-bond donors (Lipinski definition) is 1. The van der Waals surface area contributed by atoms with Gasteiger partial charge in [-0.15, -0.1) is 0 Å². The van der Waals surface area contributed by atoms with E-state index in [9.17, 15) is 4.79 Å². The molecule has 19 heavy (non-hydrogen) atoms. The van der Waals surface area contributed by atoms with Crippen molar-refractivity contribution in [3.8, 4) is 0 Å². The summed E-state index contributed by atoms with van der Waals surface area (Å²) >= 11 is 0. The molecule has 1 aromatic rings. The van der Waals surface area contributed by atoms with Crippen molar-refractivity contribution in [2.75, 3.05) is 5.48 Å². The van der Waals surface area contributed by atoms with Crippen LogP contribution in [0.2, 0.25) is 0 Å². The Hall–Kier alpha value is -1.35. The van der Waals surface area contributed by atoms with Gasteiger partial charge in [0.15, 0.2) is 6.29 Å². The number of para-hydroxylation sites is 1. The lowest BCUT2D eigenvalue weighted by molar-refractivity contribution is -0.116. The van der Waals surface area contributed by atoms with E-state index >= 15 is 0 Å². The molecule has 0 aliphatic rings. The predicted octanol–water partition coefficient (Wildman–Crippen LogP) is 4.35. The Morgan fingerprint density at radius 3 is 2.47 bits per heavy atom. The number of hydrogen-bond acceptors (Lipinski definition) is 3. The molecule has 1 aromatic carbocycles. The lowest BCUT2D eigenvalue weighted by Gasteiger charge is -2.12. The molecule has 3 heteroatoms. The van der Waals surface area contributed by atoms with Crippen LogP contribution in [0.4, 0.5) is 5.69 Å². The first-order valence-corrected chi connectivity index (χ1v) is 7.28. The van der Waals surface area contributed by atoms with Gasteiger partial charge in [0.25, 0.3) is 0 Å². The Morgan fingerprint density at radius 2 is 1.79 bits per heavy atom.